The van der Waals surface area contributed by atoms with E-state index in [0.29, 0.717) is 39.1 Å². The van der Waals surface area contributed by atoms with Crippen molar-refractivity contribution in [3.63, 3.8) is 0 Å². The molecule has 6 heteroatoms. The average Bonchev–Trinajstić information content (AvgIpc) is 3.25. The van der Waals surface area contributed by atoms with Gasteiger partial charge < -0.3 is 4.74 Å². The molecular formula is C14H9Cl2N3O. The molecule has 2 aromatic rings. The number of nitriles is 1. The Morgan fingerprint density at radius 1 is 1.20 bits per heavy atom. The van der Waals surface area contributed by atoms with Crippen molar-refractivity contribution in [2.45, 2.75) is 18.8 Å². The van der Waals surface area contributed by atoms with Crippen LogP contribution < -0.4 is 4.74 Å². The van der Waals surface area contributed by atoms with Crippen molar-refractivity contribution in [1.29, 1.82) is 5.26 Å². The van der Waals surface area contributed by atoms with E-state index in [2.05, 4.69) is 9.97 Å². The summed E-state index contributed by atoms with van der Waals surface area (Å²) in [5.74, 6) is 1.88. The van der Waals surface area contributed by atoms with Gasteiger partial charge in [0.25, 0.3) is 0 Å². The Morgan fingerprint density at radius 3 is 2.65 bits per heavy atom. The van der Waals surface area contributed by atoms with Crippen LogP contribution in [-0.2, 0) is 0 Å². The highest BCUT2D eigenvalue weighted by molar-refractivity contribution is 6.32. The first-order chi connectivity index (χ1) is 9.65. The summed E-state index contributed by atoms with van der Waals surface area (Å²) < 4.78 is 5.63. The molecule has 20 heavy (non-hydrogen) atoms. The maximum absolute atomic E-state index is 8.80. The Balaban J connectivity index is 1.89. The molecule has 0 bridgehead atoms. The van der Waals surface area contributed by atoms with Gasteiger partial charge in [-0.3, -0.25) is 0 Å². The van der Waals surface area contributed by atoms with Crippen molar-refractivity contribution in [2.24, 2.45) is 0 Å². The maximum Gasteiger partial charge on any atom is 0.224 e. The second-order valence-electron chi connectivity index (χ2n) is 4.52. The largest absolute Gasteiger partial charge is 0.437 e. The summed E-state index contributed by atoms with van der Waals surface area (Å²) in [5, 5.41) is 9.50. The molecule has 1 aliphatic rings. The SMILES string of the molecule is N#Cc1ccc(Oc2cc(Cl)nc(C3CC3)n2)c(Cl)c1. The van der Waals surface area contributed by atoms with Crippen LogP contribution >= 0.6 is 23.2 Å². The second-order valence-corrected chi connectivity index (χ2v) is 5.31. The van der Waals surface area contributed by atoms with Gasteiger partial charge in [-0.25, -0.2) is 4.98 Å². The number of halogens is 2. The van der Waals surface area contributed by atoms with Gasteiger partial charge in [0.15, 0.2) is 0 Å². The fraction of sp³-hybridized carbons (Fsp3) is 0.214. The Labute approximate surface area is 125 Å². The van der Waals surface area contributed by atoms with E-state index in [1.807, 2.05) is 6.07 Å². The van der Waals surface area contributed by atoms with Crippen LogP contribution in [0.3, 0.4) is 0 Å². The summed E-state index contributed by atoms with van der Waals surface area (Å²) in [4.78, 5) is 8.52. The van der Waals surface area contributed by atoms with Crippen molar-refractivity contribution in [3.8, 4) is 17.7 Å². The highest BCUT2D eigenvalue weighted by Crippen LogP contribution is 2.39. The zero-order chi connectivity index (χ0) is 14.1. The normalized spacial score (nSPS) is 13.8. The molecule has 3 rings (SSSR count). The summed E-state index contributed by atoms with van der Waals surface area (Å²) in [6.45, 7) is 0. The molecule has 0 radical (unpaired) electrons. The van der Waals surface area contributed by atoms with Crippen molar-refractivity contribution >= 4 is 23.2 Å². The molecule has 1 aromatic carbocycles. The summed E-state index contributed by atoms with van der Waals surface area (Å²) in [5.41, 5.74) is 0.474. The molecule has 0 N–H and O–H groups in total. The molecule has 4 nitrogen and oxygen atoms in total. The van der Waals surface area contributed by atoms with Gasteiger partial charge in [-0.1, -0.05) is 23.2 Å². The molecule has 0 saturated heterocycles. The van der Waals surface area contributed by atoms with Crippen LogP contribution in [0.15, 0.2) is 24.3 Å². The quantitative estimate of drug-likeness (QED) is 0.792. The highest BCUT2D eigenvalue weighted by atomic mass is 35.5. The fourth-order valence-electron chi connectivity index (χ4n) is 1.76. The van der Waals surface area contributed by atoms with Crippen molar-refractivity contribution < 1.29 is 4.74 Å². The number of rotatable bonds is 3. The third kappa shape index (κ3) is 2.84. The Bertz CT molecular complexity index is 708. The molecule has 1 aliphatic carbocycles. The van der Waals surface area contributed by atoms with Gasteiger partial charge in [0.1, 0.15) is 16.7 Å². The van der Waals surface area contributed by atoms with Gasteiger partial charge in [0.2, 0.25) is 5.88 Å². The van der Waals surface area contributed by atoms with Crippen LogP contribution in [0.5, 0.6) is 11.6 Å². The minimum Gasteiger partial charge on any atom is -0.437 e. The van der Waals surface area contributed by atoms with Crippen LogP contribution in [0.25, 0.3) is 0 Å². The van der Waals surface area contributed by atoms with E-state index in [1.54, 1.807) is 24.3 Å². The number of ether oxygens (including phenoxy) is 1. The third-order valence-electron chi connectivity index (χ3n) is 2.91. The number of nitrogens with zero attached hydrogens (tertiary/aromatic N) is 3. The lowest BCUT2D eigenvalue weighted by Crippen LogP contribution is -1.96. The average molecular weight is 306 g/mol. The summed E-state index contributed by atoms with van der Waals surface area (Å²) in [6, 6.07) is 8.36. The van der Waals surface area contributed by atoms with Crippen LogP contribution in [0.1, 0.15) is 30.1 Å². The highest BCUT2D eigenvalue weighted by Gasteiger charge is 2.27. The molecule has 1 saturated carbocycles. The van der Waals surface area contributed by atoms with Crippen molar-refractivity contribution in [3.05, 3.63) is 45.8 Å². The van der Waals surface area contributed by atoms with E-state index in [4.69, 9.17) is 33.2 Å². The van der Waals surface area contributed by atoms with E-state index in [9.17, 15) is 0 Å². The van der Waals surface area contributed by atoms with Crippen LogP contribution in [-0.4, -0.2) is 9.97 Å². The van der Waals surface area contributed by atoms with Gasteiger partial charge in [-0.2, -0.15) is 10.2 Å². The topological polar surface area (TPSA) is 58.8 Å². The van der Waals surface area contributed by atoms with Crippen molar-refractivity contribution in [1.82, 2.24) is 9.97 Å². The molecule has 0 amide bonds. The van der Waals surface area contributed by atoms with Gasteiger partial charge >= 0.3 is 0 Å². The fourth-order valence-corrected chi connectivity index (χ4v) is 2.16. The maximum atomic E-state index is 8.80. The minimum atomic E-state index is 0.349. The zero-order valence-electron chi connectivity index (χ0n) is 10.3. The van der Waals surface area contributed by atoms with E-state index >= 15 is 0 Å². The predicted octanol–water partition coefficient (Wildman–Crippen LogP) is 4.32. The van der Waals surface area contributed by atoms with Gasteiger partial charge in [-0.15, -0.1) is 0 Å². The second kappa shape index (κ2) is 5.28. The van der Waals surface area contributed by atoms with Crippen LogP contribution in [0, 0.1) is 11.3 Å². The number of benzene rings is 1. The Kier molecular flexibility index (Phi) is 3.47. The Morgan fingerprint density at radius 2 is 2.00 bits per heavy atom. The van der Waals surface area contributed by atoms with E-state index in [1.165, 1.54) is 0 Å². The molecule has 1 heterocycles. The number of aromatic nitrogens is 2. The number of hydrogen-bond donors (Lipinski definition) is 0. The number of hydrogen-bond acceptors (Lipinski definition) is 4. The van der Waals surface area contributed by atoms with Crippen molar-refractivity contribution in [2.75, 3.05) is 0 Å². The van der Waals surface area contributed by atoms with E-state index < -0.39 is 0 Å². The van der Waals surface area contributed by atoms with E-state index in [0.717, 1.165) is 12.8 Å². The molecule has 1 fully saturated rings. The molecule has 0 unspecified atom stereocenters. The molecule has 100 valence electrons. The first-order valence-corrected chi connectivity index (χ1v) is 6.83. The lowest BCUT2D eigenvalue weighted by molar-refractivity contribution is 0.459. The monoisotopic (exact) mass is 305 g/mol. The Hall–Kier alpha value is -1.83. The van der Waals surface area contributed by atoms with Gasteiger partial charge in [0, 0.05) is 12.0 Å². The van der Waals surface area contributed by atoms with Gasteiger partial charge in [0.05, 0.1) is 16.7 Å². The minimum absolute atomic E-state index is 0.349. The standard InChI is InChI=1S/C14H9Cl2N3O/c15-10-5-8(7-17)1-4-11(10)20-13-6-12(16)18-14(19-13)9-2-3-9/h1,4-6,9H,2-3H2. The summed E-state index contributed by atoms with van der Waals surface area (Å²) in [7, 11) is 0. The lowest BCUT2D eigenvalue weighted by Gasteiger charge is -2.08. The lowest BCUT2D eigenvalue weighted by atomic mass is 10.2. The van der Waals surface area contributed by atoms with E-state index in [-0.39, 0.29) is 0 Å². The molecular weight excluding hydrogens is 297 g/mol. The summed E-state index contributed by atoms with van der Waals surface area (Å²) >= 11 is 12.0. The smallest absolute Gasteiger partial charge is 0.224 e. The molecule has 0 spiro atoms. The zero-order valence-corrected chi connectivity index (χ0v) is 11.8. The summed E-state index contributed by atoms with van der Waals surface area (Å²) in [6.07, 6.45) is 2.16. The first kappa shape index (κ1) is 13.2. The van der Waals surface area contributed by atoms with Gasteiger partial charge in [-0.05, 0) is 31.0 Å². The predicted molar refractivity (Wildman–Crippen MR) is 75.3 cm³/mol. The molecule has 0 atom stereocenters. The van der Waals surface area contributed by atoms with Crippen LogP contribution in [0.2, 0.25) is 10.2 Å². The molecule has 0 aliphatic heterocycles. The van der Waals surface area contributed by atoms with Crippen LogP contribution in [0.4, 0.5) is 0 Å². The first-order valence-electron chi connectivity index (χ1n) is 6.07. The molecule has 1 aromatic heterocycles. The third-order valence-corrected chi connectivity index (χ3v) is 3.40.